The van der Waals surface area contributed by atoms with Crippen LogP contribution in [0, 0.1) is 5.92 Å². The molecule has 0 aliphatic heterocycles. The molecule has 0 aliphatic carbocycles. The highest BCUT2D eigenvalue weighted by atomic mass is 35.5. The number of hydrogen-bond acceptors (Lipinski definition) is 4. The fraction of sp³-hybridized carbons (Fsp3) is 0.500. The minimum Gasteiger partial charge on any atom is -0.324 e. The summed E-state index contributed by atoms with van der Waals surface area (Å²) < 4.78 is 29.6. The molecule has 2 rings (SSSR count). The van der Waals surface area contributed by atoms with Gasteiger partial charge in [-0.3, -0.25) is 0 Å². The fourth-order valence-corrected chi connectivity index (χ4v) is 5.11. The van der Waals surface area contributed by atoms with E-state index in [1.54, 1.807) is 25.2 Å². The molecular weight excluding hydrogens is 443 g/mol. The molecule has 0 saturated carbocycles. The number of rotatable bonds is 8. The Hall–Kier alpha value is -0.830. The van der Waals surface area contributed by atoms with Crippen LogP contribution >= 0.6 is 34.8 Å². The molecule has 6 nitrogen and oxygen atoms in total. The van der Waals surface area contributed by atoms with E-state index in [4.69, 9.17) is 34.8 Å². The maximum absolute atomic E-state index is 13.4. The zero-order valence-corrected chi connectivity index (χ0v) is 19.6. The highest BCUT2D eigenvalue weighted by molar-refractivity contribution is 7.89. The van der Waals surface area contributed by atoms with E-state index in [0.29, 0.717) is 10.0 Å². The minimum absolute atomic E-state index is 0.0000323. The SMILES string of the molecule is CC(C)C(CN(Cc1ccc(Cl)c(Cl)c1)S(=O)(=O)c1ncn(C)c1Cl)N(C)C. The Morgan fingerprint density at radius 2 is 1.79 bits per heavy atom. The first kappa shape index (κ1) is 23.4. The molecule has 0 bridgehead atoms. The lowest BCUT2D eigenvalue weighted by Gasteiger charge is -2.33. The predicted octanol–water partition coefficient (Wildman–Crippen LogP) is 4.16. The molecular formula is C18H25Cl3N4O2S. The summed E-state index contributed by atoms with van der Waals surface area (Å²) in [5.74, 6) is 0.237. The van der Waals surface area contributed by atoms with Gasteiger partial charge in [0.05, 0.1) is 16.4 Å². The van der Waals surface area contributed by atoms with Gasteiger partial charge in [-0.05, 0) is 37.7 Å². The first-order valence-corrected chi connectivity index (χ1v) is 11.3. The van der Waals surface area contributed by atoms with E-state index in [0.717, 1.165) is 5.56 Å². The Morgan fingerprint density at radius 1 is 1.14 bits per heavy atom. The van der Waals surface area contributed by atoms with Crippen molar-refractivity contribution in [3.8, 4) is 0 Å². The number of likely N-dealkylation sites (N-methyl/N-ethyl adjacent to an activating group) is 1. The number of halogens is 3. The summed E-state index contributed by atoms with van der Waals surface area (Å²) in [6, 6.07) is 5.09. The van der Waals surface area contributed by atoms with Crippen molar-refractivity contribution in [3.05, 3.63) is 45.3 Å². The smallest absolute Gasteiger partial charge is 0.264 e. The Kier molecular flexibility index (Phi) is 7.81. The molecule has 156 valence electrons. The van der Waals surface area contributed by atoms with Crippen molar-refractivity contribution in [2.75, 3.05) is 20.6 Å². The second-order valence-electron chi connectivity index (χ2n) is 7.27. The molecule has 0 spiro atoms. The van der Waals surface area contributed by atoms with Gasteiger partial charge in [-0.25, -0.2) is 13.4 Å². The number of sulfonamides is 1. The summed E-state index contributed by atoms with van der Waals surface area (Å²) in [5.41, 5.74) is 0.728. The lowest BCUT2D eigenvalue weighted by molar-refractivity contribution is 0.190. The van der Waals surface area contributed by atoms with Crippen LogP contribution in [0.2, 0.25) is 15.2 Å². The highest BCUT2D eigenvalue weighted by Gasteiger charge is 2.33. The molecule has 0 saturated heterocycles. The van der Waals surface area contributed by atoms with Gasteiger partial charge in [0, 0.05) is 26.2 Å². The second kappa shape index (κ2) is 9.32. The maximum atomic E-state index is 13.4. The quantitative estimate of drug-likeness (QED) is 0.585. The summed E-state index contributed by atoms with van der Waals surface area (Å²) in [6.45, 7) is 4.52. The van der Waals surface area contributed by atoms with E-state index < -0.39 is 10.0 Å². The van der Waals surface area contributed by atoms with Crippen molar-refractivity contribution in [2.24, 2.45) is 13.0 Å². The summed E-state index contributed by atoms with van der Waals surface area (Å²) in [6.07, 6.45) is 1.39. The lowest BCUT2D eigenvalue weighted by atomic mass is 10.0. The first-order valence-electron chi connectivity index (χ1n) is 8.72. The van der Waals surface area contributed by atoms with Gasteiger partial charge < -0.3 is 9.47 Å². The summed E-state index contributed by atoms with van der Waals surface area (Å²) >= 11 is 18.3. The number of aryl methyl sites for hydroxylation is 1. The van der Waals surface area contributed by atoms with Crippen LogP contribution in [0.15, 0.2) is 29.6 Å². The standard InChI is InChI=1S/C18H25Cl3N4O2S/c1-12(2)16(23(3)4)10-25(9-13-6-7-14(19)15(20)8-13)28(26,27)18-17(21)24(5)11-22-18/h6-8,11-12,16H,9-10H2,1-5H3. The van der Waals surface area contributed by atoms with E-state index in [1.165, 1.54) is 15.2 Å². The van der Waals surface area contributed by atoms with Crippen molar-refractivity contribution >= 4 is 44.8 Å². The zero-order valence-electron chi connectivity index (χ0n) is 16.5. The summed E-state index contributed by atoms with van der Waals surface area (Å²) in [7, 11) is 1.59. The number of imidazole rings is 1. The van der Waals surface area contributed by atoms with Crippen molar-refractivity contribution in [3.63, 3.8) is 0 Å². The summed E-state index contributed by atoms with van der Waals surface area (Å²) in [5, 5.41) is 0.712. The van der Waals surface area contributed by atoms with Gasteiger partial charge in [0.2, 0.25) is 5.03 Å². The zero-order chi connectivity index (χ0) is 21.2. The van der Waals surface area contributed by atoms with Gasteiger partial charge >= 0.3 is 0 Å². The number of aromatic nitrogens is 2. The van der Waals surface area contributed by atoms with E-state index in [-0.39, 0.29) is 35.2 Å². The largest absolute Gasteiger partial charge is 0.324 e. The van der Waals surface area contributed by atoms with Gasteiger partial charge in [-0.1, -0.05) is 54.7 Å². The molecule has 0 fully saturated rings. The van der Waals surface area contributed by atoms with Gasteiger partial charge in [-0.15, -0.1) is 0 Å². The number of benzene rings is 1. The fourth-order valence-electron chi connectivity index (χ4n) is 2.96. The van der Waals surface area contributed by atoms with Gasteiger partial charge in [0.1, 0.15) is 5.15 Å². The van der Waals surface area contributed by atoms with Crippen LogP contribution in [0.5, 0.6) is 0 Å². The third-order valence-electron chi connectivity index (χ3n) is 4.59. The molecule has 1 atom stereocenters. The van der Waals surface area contributed by atoms with Gasteiger partial charge in [0.25, 0.3) is 10.0 Å². The normalized spacial score (nSPS) is 13.7. The Bertz CT molecular complexity index is 921. The van der Waals surface area contributed by atoms with E-state index >= 15 is 0 Å². The Morgan fingerprint density at radius 3 is 2.25 bits per heavy atom. The third-order valence-corrected chi connectivity index (χ3v) is 7.63. The van der Waals surface area contributed by atoms with Crippen LogP contribution in [0.3, 0.4) is 0 Å². The predicted molar refractivity (Wildman–Crippen MR) is 115 cm³/mol. The number of hydrogen-bond donors (Lipinski definition) is 0. The van der Waals surface area contributed by atoms with Gasteiger partial charge in [-0.2, -0.15) is 4.31 Å². The average molecular weight is 468 g/mol. The van der Waals surface area contributed by atoms with Crippen molar-refractivity contribution < 1.29 is 8.42 Å². The molecule has 1 heterocycles. The van der Waals surface area contributed by atoms with Crippen molar-refractivity contribution in [2.45, 2.75) is 31.5 Å². The maximum Gasteiger partial charge on any atom is 0.264 e. The minimum atomic E-state index is -3.93. The highest BCUT2D eigenvalue weighted by Crippen LogP contribution is 2.28. The van der Waals surface area contributed by atoms with E-state index in [1.807, 2.05) is 19.0 Å². The molecule has 0 radical (unpaired) electrons. The topological polar surface area (TPSA) is 58.4 Å². The van der Waals surface area contributed by atoms with Crippen LogP contribution in [0.25, 0.3) is 0 Å². The lowest BCUT2D eigenvalue weighted by Crippen LogP contribution is -2.45. The number of nitrogens with zero attached hydrogens (tertiary/aromatic N) is 4. The van der Waals surface area contributed by atoms with Crippen LogP contribution in [0.4, 0.5) is 0 Å². The van der Waals surface area contributed by atoms with Crippen LogP contribution in [0.1, 0.15) is 19.4 Å². The molecule has 0 amide bonds. The Balaban J connectivity index is 2.48. The molecule has 28 heavy (non-hydrogen) atoms. The Labute approximate surface area is 182 Å². The van der Waals surface area contributed by atoms with Crippen LogP contribution in [-0.2, 0) is 23.6 Å². The average Bonchev–Trinajstić information content (AvgIpc) is 2.93. The molecule has 2 aromatic rings. The van der Waals surface area contributed by atoms with Crippen molar-refractivity contribution in [1.29, 1.82) is 0 Å². The second-order valence-corrected chi connectivity index (χ2v) is 10.3. The molecule has 0 aliphatic rings. The molecule has 10 heteroatoms. The van der Waals surface area contributed by atoms with Crippen LogP contribution in [-0.4, -0.2) is 53.9 Å². The first-order chi connectivity index (χ1) is 12.9. The van der Waals surface area contributed by atoms with Gasteiger partial charge in [0.15, 0.2) is 0 Å². The molecule has 1 unspecified atom stereocenters. The van der Waals surface area contributed by atoms with E-state index in [2.05, 4.69) is 18.8 Å². The van der Waals surface area contributed by atoms with Crippen molar-refractivity contribution in [1.82, 2.24) is 18.8 Å². The molecule has 1 aromatic heterocycles. The third kappa shape index (κ3) is 5.20. The molecule has 0 N–H and O–H groups in total. The summed E-state index contributed by atoms with van der Waals surface area (Å²) in [4.78, 5) is 6.03. The van der Waals surface area contributed by atoms with Crippen LogP contribution < -0.4 is 0 Å². The van der Waals surface area contributed by atoms with E-state index in [9.17, 15) is 8.42 Å². The monoisotopic (exact) mass is 466 g/mol. The molecule has 1 aromatic carbocycles.